The van der Waals surface area contributed by atoms with Crippen LogP contribution in [0.1, 0.15) is 12.8 Å². The fourth-order valence-corrected chi connectivity index (χ4v) is 3.75. The molecule has 2 saturated heterocycles. The van der Waals surface area contributed by atoms with Gasteiger partial charge in [-0.25, -0.2) is 0 Å². The van der Waals surface area contributed by atoms with Gasteiger partial charge >= 0.3 is 0 Å². The first-order valence-corrected chi connectivity index (χ1v) is 9.26. The van der Waals surface area contributed by atoms with Crippen molar-refractivity contribution in [2.75, 3.05) is 52.4 Å². The molecule has 0 unspecified atom stereocenters. The van der Waals surface area contributed by atoms with Crippen LogP contribution in [0.15, 0.2) is 31.1 Å². The first-order valence-electron chi connectivity index (χ1n) is 9.26. The topological polar surface area (TPSA) is 82.5 Å². The molecule has 2 fully saturated rings. The molecule has 0 spiro atoms. The first-order chi connectivity index (χ1) is 12.7. The van der Waals surface area contributed by atoms with Gasteiger partial charge < -0.3 is 15.5 Å². The van der Waals surface area contributed by atoms with Crippen molar-refractivity contribution < 1.29 is 9.59 Å². The molecule has 0 radical (unpaired) electrons. The van der Waals surface area contributed by atoms with Crippen LogP contribution in [-0.2, 0) is 15.1 Å². The number of nitrogens with one attached hydrogen (secondary N) is 2. The largest absolute Gasteiger partial charge is 0.352 e. The van der Waals surface area contributed by atoms with E-state index in [4.69, 9.17) is 0 Å². The summed E-state index contributed by atoms with van der Waals surface area (Å²) < 4.78 is 1.84. The monoisotopic (exact) mass is 360 g/mol. The zero-order valence-electron chi connectivity index (χ0n) is 15.2. The molecule has 1 aromatic rings. The van der Waals surface area contributed by atoms with Crippen molar-refractivity contribution in [3.63, 3.8) is 0 Å². The van der Waals surface area contributed by atoms with E-state index in [9.17, 15) is 9.59 Å². The third kappa shape index (κ3) is 3.96. The van der Waals surface area contributed by atoms with Crippen LogP contribution in [0.2, 0.25) is 0 Å². The van der Waals surface area contributed by atoms with Gasteiger partial charge in [0.15, 0.2) is 0 Å². The molecule has 8 nitrogen and oxygen atoms in total. The second-order valence-electron chi connectivity index (χ2n) is 6.89. The van der Waals surface area contributed by atoms with Gasteiger partial charge in [0.2, 0.25) is 5.91 Å². The van der Waals surface area contributed by atoms with Crippen molar-refractivity contribution >= 4 is 11.8 Å². The second kappa shape index (κ2) is 8.46. The first kappa shape index (κ1) is 18.6. The number of piperazine rings is 1. The van der Waals surface area contributed by atoms with Crippen LogP contribution in [-0.4, -0.2) is 83.8 Å². The number of carbonyl (C=O) groups excluding carboxylic acids is 2. The zero-order chi connectivity index (χ0) is 18.4. The van der Waals surface area contributed by atoms with Gasteiger partial charge in [-0.2, -0.15) is 5.10 Å². The maximum Gasteiger partial charge on any atom is 0.250 e. The molecule has 0 atom stereocenters. The van der Waals surface area contributed by atoms with Gasteiger partial charge in [-0.05, 0) is 32.0 Å². The van der Waals surface area contributed by atoms with Gasteiger partial charge in [-0.1, -0.05) is 6.08 Å². The lowest BCUT2D eigenvalue weighted by atomic mass is 9.86. The van der Waals surface area contributed by atoms with Crippen LogP contribution >= 0.6 is 0 Å². The summed E-state index contributed by atoms with van der Waals surface area (Å²) in [4.78, 5) is 29.2. The van der Waals surface area contributed by atoms with Gasteiger partial charge in [-0.15, -0.1) is 6.58 Å². The summed E-state index contributed by atoms with van der Waals surface area (Å²) in [6.45, 7) is 8.78. The molecule has 3 heterocycles. The lowest BCUT2D eigenvalue weighted by Crippen LogP contribution is -2.59. The van der Waals surface area contributed by atoms with E-state index >= 15 is 0 Å². The molecular weight excluding hydrogens is 332 g/mol. The summed E-state index contributed by atoms with van der Waals surface area (Å²) in [5.74, 6) is 0.148. The summed E-state index contributed by atoms with van der Waals surface area (Å²) in [6.07, 6.45) is 6.79. The number of nitrogens with zero attached hydrogens (tertiary/aromatic N) is 4. The summed E-state index contributed by atoms with van der Waals surface area (Å²) in [5, 5.41) is 10.5. The lowest BCUT2D eigenvalue weighted by Gasteiger charge is -2.43. The third-order valence-corrected chi connectivity index (χ3v) is 5.24. The van der Waals surface area contributed by atoms with Crippen molar-refractivity contribution in [2.24, 2.45) is 0 Å². The van der Waals surface area contributed by atoms with Gasteiger partial charge in [0.25, 0.3) is 5.91 Å². The zero-order valence-corrected chi connectivity index (χ0v) is 15.2. The van der Waals surface area contributed by atoms with E-state index in [2.05, 4.69) is 27.2 Å². The Bertz CT molecular complexity index is 616. The minimum atomic E-state index is -0.585. The van der Waals surface area contributed by atoms with Crippen LogP contribution in [0.4, 0.5) is 0 Å². The molecule has 1 aromatic heterocycles. The van der Waals surface area contributed by atoms with E-state index < -0.39 is 5.54 Å². The molecular formula is C18H28N6O2. The van der Waals surface area contributed by atoms with E-state index in [1.54, 1.807) is 12.3 Å². The predicted molar refractivity (Wildman–Crippen MR) is 98.5 cm³/mol. The number of hydrogen-bond donors (Lipinski definition) is 2. The molecule has 2 aliphatic heterocycles. The molecule has 26 heavy (non-hydrogen) atoms. The molecule has 142 valence electrons. The van der Waals surface area contributed by atoms with Crippen LogP contribution < -0.4 is 10.6 Å². The maximum absolute atomic E-state index is 13.4. The quantitative estimate of drug-likeness (QED) is 0.663. The highest BCUT2D eigenvalue weighted by Gasteiger charge is 2.44. The van der Waals surface area contributed by atoms with Gasteiger partial charge in [0.05, 0.1) is 6.54 Å². The minimum absolute atomic E-state index is 0.00366. The van der Waals surface area contributed by atoms with Crippen molar-refractivity contribution in [1.29, 1.82) is 0 Å². The van der Waals surface area contributed by atoms with Gasteiger partial charge in [0.1, 0.15) is 5.54 Å². The Morgan fingerprint density at radius 1 is 1.23 bits per heavy atom. The number of amides is 2. The molecule has 3 rings (SSSR count). The SMILES string of the molecule is C=CCNC(=O)CN1CCN(C(=O)C2(n3cccn3)CCNCC2)CC1. The number of carbonyl (C=O) groups is 2. The molecule has 8 heteroatoms. The van der Waals surface area contributed by atoms with Crippen molar-refractivity contribution in [1.82, 2.24) is 30.2 Å². The molecule has 2 aliphatic rings. The van der Waals surface area contributed by atoms with Crippen LogP contribution in [0.3, 0.4) is 0 Å². The Hall–Kier alpha value is -2.19. The Labute approximate surface area is 154 Å². The highest BCUT2D eigenvalue weighted by molar-refractivity contribution is 5.85. The third-order valence-electron chi connectivity index (χ3n) is 5.24. The standard InChI is InChI=1S/C18H28N6O2/c1-2-6-20-16(25)15-22-11-13-23(14-12-22)17(26)18(4-8-19-9-5-18)24-10-3-7-21-24/h2-3,7,10,19H,1,4-6,8-9,11-15H2,(H,20,25). The molecule has 0 bridgehead atoms. The van der Waals surface area contributed by atoms with Gasteiger partial charge in [0, 0.05) is 45.1 Å². The minimum Gasteiger partial charge on any atom is -0.352 e. The number of hydrogen-bond acceptors (Lipinski definition) is 5. The van der Waals surface area contributed by atoms with Crippen LogP contribution in [0.25, 0.3) is 0 Å². The van der Waals surface area contributed by atoms with Gasteiger partial charge in [-0.3, -0.25) is 19.2 Å². The average Bonchev–Trinajstić information content (AvgIpc) is 3.22. The highest BCUT2D eigenvalue weighted by atomic mass is 16.2. The van der Waals surface area contributed by atoms with E-state index in [0.717, 1.165) is 25.9 Å². The van der Waals surface area contributed by atoms with E-state index in [0.29, 0.717) is 39.3 Å². The number of piperidine rings is 1. The normalized spacial score (nSPS) is 20.5. The second-order valence-corrected chi connectivity index (χ2v) is 6.89. The smallest absolute Gasteiger partial charge is 0.250 e. The van der Waals surface area contributed by atoms with Crippen molar-refractivity contribution in [2.45, 2.75) is 18.4 Å². The Kier molecular flexibility index (Phi) is 6.05. The fourth-order valence-electron chi connectivity index (χ4n) is 3.75. The van der Waals surface area contributed by atoms with Crippen molar-refractivity contribution in [3.8, 4) is 0 Å². The Balaban J connectivity index is 1.60. The van der Waals surface area contributed by atoms with E-state index in [-0.39, 0.29) is 11.8 Å². The summed E-state index contributed by atoms with van der Waals surface area (Å²) in [5.41, 5.74) is -0.585. The van der Waals surface area contributed by atoms with E-state index in [1.165, 1.54) is 0 Å². The predicted octanol–water partition coefficient (Wildman–Crippen LogP) is -0.592. The van der Waals surface area contributed by atoms with Crippen LogP contribution in [0, 0.1) is 0 Å². The average molecular weight is 360 g/mol. The molecule has 2 amide bonds. The summed E-state index contributed by atoms with van der Waals surface area (Å²) in [7, 11) is 0. The highest BCUT2D eigenvalue weighted by Crippen LogP contribution is 2.29. The molecule has 2 N–H and O–H groups in total. The lowest BCUT2D eigenvalue weighted by molar-refractivity contribution is -0.145. The summed E-state index contributed by atoms with van der Waals surface area (Å²) in [6, 6.07) is 1.87. The van der Waals surface area contributed by atoms with Crippen molar-refractivity contribution in [3.05, 3.63) is 31.1 Å². The fraction of sp³-hybridized carbons (Fsp3) is 0.611. The Morgan fingerprint density at radius 3 is 2.58 bits per heavy atom. The summed E-state index contributed by atoms with van der Waals surface area (Å²) >= 11 is 0. The van der Waals surface area contributed by atoms with E-state index in [1.807, 2.05) is 21.8 Å². The molecule has 0 saturated carbocycles. The Morgan fingerprint density at radius 2 is 1.96 bits per heavy atom. The molecule has 0 aromatic carbocycles. The maximum atomic E-state index is 13.4. The molecule has 0 aliphatic carbocycles. The number of rotatable bonds is 6. The number of aromatic nitrogens is 2. The van der Waals surface area contributed by atoms with Crippen LogP contribution in [0.5, 0.6) is 0 Å².